The van der Waals surface area contributed by atoms with Crippen LogP contribution in [0.3, 0.4) is 0 Å². The number of aromatic nitrogens is 1. The fourth-order valence-electron chi connectivity index (χ4n) is 2.75. The number of hydrogen-bond acceptors (Lipinski definition) is 5. The highest BCUT2D eigenvalue weighted by Crippen LogP contribution is 2.29. The van der Waals surface area contributed by atoms with Crippen LogP contribution in [0.2, 0.25) is 0 Å². The lowest BCUT2D eigenvalue weighted by atomic mass is 10.2. The van der Waals surface area contributed by atoms with E-state index in [-0.39, 0.29) is 12.4 Å². The van der Waals surface area contributed by atoms with Gasteiger partial charge < -0.3 is 19.5 Å². The molecule has 0 aliphatic rings. The van der Waals surface area contributed by atoms with Crippen molar-refractivity contribution in [2.75, 3.05) is 20.3 Å². The summed E-state index contributed by atoms with van der Waals surface area (Å²) >= 11 is 0. The molecule has 1 heterocycles. The minimum absolute atomic E-state index is 0.150. The van der Waals surface area contributed by atoms with Gasteiger partial charge in [-0.3, -0.25) is 0 Å². The number of methoxy groups -OCH3 is 1. The summed E-state index contributed by atoms with van der Waals surface area (Å²) in [5.41, 5.74) is 1.58. The standard InChI is InChI=1S/C23H25FN2O3/c1-27-22-15-18(16-25-12-6-14-28-23-9-4-5-13-26-23)10-11-21(22)29-17-19-7-2-3-8-20(19)24/h2-5,7-11,13,15,25H,6,12,14,16-17H2,1H3. The normalized spacial score (nSPS) is 10.6. The summed E-state index contributed by atoms with van der Waals surface area (Å²) in [6, 6.07) is 17.9. The third kappa shape index (κ3) is 6.47. The number of pyridine rings is 1. The molecule has 1 N–H and O–H groups in total. The zero-order valence-electron chi connectivity index (χ0n) is 16.4. The highest BCUT2D eigenvalue weighted by atomic mass is 19.1. The monoisotopic (exact) mass is 396 g/mol. The van der Waals surface area contributed by atoms with E-state index in [1.807, 2.05) is 36.4 Å². The quantitative estimate of drug-likeness (QED) is 0.488. The molecular weight excluding hydrogens is 371 g/mol. The van der Waals surface area contributed by atoms with E-state index in [1.165, 1.54) is 6.07 Å². The Bertz CT molecular complexity index is 890. The van der Waals surface area contributed by atoms with Gasteiger partial charge in [0.25, 0.3) is 0 Å². The van der Waals surface area contributed by atoms with Gasteiger partial charge in [-0.15, -0.1) is 0 Å². The SMILES string of the molecule is COc1cc(CNCCCOc2ccccn2)ccc1OCc1ccccc1F. The van der Waals surface area contributed by atoms with E-state index < -0.39 is 0 Å². The summed E-state index contributed by atoms with van der Waals surface area (Å²) < 4.78 is 30.5. The van der Waals surface area contributed by atoms with Gasteiger partial charge in [0.05, 0.1) is 13.7 Å². The Morgan fingerprint density at radius 2 is 1.83 bits per heavy atom. The van der Waals surface area contributed by atoms with Crippen molar-refractivity contribution in [3.05, 3.63) is 83.8 Å². The van der Waals surface area contributed by atoms with Crippen LogP contribution in [0, 0.1) is 5.82 Å². The van der Waals surface area contributed by atoms with Crippen molar-refractivity contribution in [1.82, 2.24) is 10.3 Å². The Labute approximate surface area is 170 Å². The molecule has 5 nitrogen and oxygen atoms in total. The second kappa shape index (κ2) is 11.0. The number of halogens is 1. The number of rotatable bonds is 11. The molecule has 0 aliphatic heterocycles. The summed E-state index contributed by atoms with van der Waals surface area (Å²) in [6.45, 7) is 2.28. The fraction of sp³-hybridized carbons (Fsp3) is 0.261. The van der Waals surface area contributed by atoms with Crippen molar-refractivity contribution < 1.29 is 18.6 Å². The van der Waals surface area contributed by atoms with Crippen LogP contribution in [0.4, 0.5) is 4.39 Å². The van der Waals surface area contributed by atoms with Crippen molar-refractivity contribution in [2.45, 2.75) is 19.6 Å². The average molecular weight is 396 g/mol. The Morgan fingerprint density at radius 3 is 2.62 bits per heavy atom. The Balaban J connectivity index is 1.43. The van der Waals surface area contributed by atoms with Gasteiger partial charge in [-0.2, -0.15) is 0 Å². The highest BCUT2D eigenvalue weighted by Gasteiger charge is 2.08. The lowest BCUT2D eigenvalue weighted by molar-refractivity contribution is 0.279. The van der Waals surface area contributed by atoms with Crippen molar-refractivity contribution in [3.63, 3.8) is 0 Å². The molecule has 0 aliphatic carbocycles. The molecule has 6 heteroatoms. The summed E-state index contributed by atoms with van der Waals surface area (Å²) in [7, 11) is 1.59. The van der Waals surface area contributed by atoms with Crippen LogP contribution in [0.15, 0.2) is 66.9 Å². The zero-order chi connectivity index (χ0) is 20.3. The minimum atomic E-state index is -0.278. The van der Waals surface area contributed by atoms with Gasteiger partial charge in [0.1, 0.15) is 12.4 Å². The molecule has 1 aromatic heterocycles. The van der Waals surface area contributed by atoms with Crippen molar-refractivity contribution in [1.29, 1.82) is 0 Å². The van der Waals surface area contributed by atoms with E-state index in [1.54, 1.807) is 31.5 Å². The predicted octanol–water partition coefficient (Wildman–Crippen LogP) is 4.37. The van der Waals surface area contributed by atoms with E-state index in [0.29, 0.717) is 36.1 Å². The van der Waals surface area contributed by atoms with Gasteiger partial charge in [-0.05, 0) is 42.8 Å². The van der Waals surface area contributed by atoms with Gasteiger partial charge in [0.2, 0.25) is 5.88 Å². The van der Waals surface area contributed by atoms with Crippen LogP contribution in [-0.4, -0.2) is 25.2 Å². The molecule has 29 heavy (non-hydrogen) atoms. The Hall–Kier alpha value is -3.12. The highest BCUT2D eigenvalue weighted by molar-refractivity contribution is 5.43. The lowest BCUT2D eigenvalue weighted by Crippen LogP contribution is -2.17. The number of nitrogens with zero attached hydrogens (tertiary/aromatic N) is 1. The molecule has 0 saturated carbocycles. The van der Waals surface area contributed by atoms with E-state index in [9.17, 15) is 4.39 Å². The van der Waals surface area contributed by atoms with Gasteiger partial charge in [-0.25, -0.2) is 9.37 Å². The van der Waals surface area contributed by atoms with Crippen LogP contribution < -0.4 is 19.5 Å². The molecule has 0 saturated heterocycles. The van der Waals surface area contributed by atoms with E-state index in [0.717, 1.165) is 18.5 Å². The third-order valence-corrected chi connectivity index (χ3v) is 4.28. The van der Waals surface area contributed by atoms with Crippen molar-refractivity contribution >= 4 is 0 Å². The Morgan fingerprint density at radius 1 is 0.966 bits per heavy atom. The maximum atomic E-state index is 13.7. The first kappa shape index (κ1) is 20.6. The minimum Gasteiger partial charge on any atom is -0.493 e. The van der Waals surface area contributed by atoms with Gasteiger partial charge >= 0.3 is 0 Å². The molecule has 0 radical (unpaired) electrons. The maximum absolute atomic E-state index is 13.7. The molecule has 0 bridgehead atoms. The second-order valence-electron chi connectivity index (χ2n) is 6.41. The molecule has 0 unspecified atom stereocenters. The van der Waals surface area contributed by atoms with Gasteiger partial charge in [-0.1, -0.05) is 30.3 Å². The van der Waals surface area contributed by atoms with Gasteiger partial charge in [0.15, 0.2) is 11.5 Å². The van der Waals surface area contributed by atoms with Crippen LogP contribution >= 0.6 is 0 Å². The van der Waals surface area contributed by atoms with E-state index in [4.69, 9.17) is 14.2 Å². The van der Waals surface area contributed by atoms with Crippen LogP contribution in [0.1, 0.15) is 17.5 Å². The molecule has 152 valence electrons. The first-order valence-corrected chi connectivity index (χ1v) is 9.54. The fourth-order valence-corrected chi connectivity index (χ4v) is 2.75. The molecule has 2 aromatic carbocycles. The molecule has 3 aromatic rings. The summed E-state index contributed by atoms with van der Waals surface area (Å²) in [6.07, 6.45) is 2.59. The number of benzene rings is 2. The first-order chi connectivity index (χ1) is 14.3. The lowest BCUT2D eigenvalue weighted by Gasteiger charge is -2.13. The molecule has 0 fully saturated rings. The smallest absolute Gasteiger partial charge is 0.213 e. The number of ether oxygens (including phenoxy) is 3. The maximum Gasteiger partial charge on any atom is 0.213 e. The molecule has 0 atom stereocenters. The topological polar surface area (TPSA) is 52.6 Å². The van der Waals surface area contributed by atoms with Crippen LogP contribution in [-0.2, 0) is 13.2 Å². The van der Waals surface area contributed by atoms with Gasteiger partial charge in [0, 0.05) is 24.4 Å². The average Bonchev–Trinajstić information content (AvgIpc) is 2.76. The van der Waals surface area contributed by atoms with Crippen molar-refractivity contribution in [3.8, 4) is 17.4 Å². The van der Waals surface area contributed by atoms with Crippen LogP contribution in [0.25, 0.3) is 0 Å². The molecule has 0 amide bonds. The van der Waals surface area contributed by atoms with Crippen molar-refractivity contribution in [2.24, 2.45) is 0 Å². The molecular formula is C23H25FN2O3. The summed E-state index contributed by atoms with van der Waals surface area (Å²) in [5.74, 6) is 1.57. The zero-order valence-corrected chi connectivity index (χ0v) is 16.4. The third-order valence-electron chi connectivity index (χ3n) is 4.28. The summed E-state index contributed by atoms with van der Waals surface area (Å²) in [5, 5.41) is 3.38. The predicted molar refractivity (Wildman–Crippen MR) is 110 cm³/mol. The molecule has 0 spiro atoms. The number of hydrogen-bond donors (Lipinski definition) is 1. The van der Waals surface area contributed by atoms with Crippen LogP contribution in [0.5, 0.6) is 17.4 Å². The largest absolute Gasteiger partial charge is 0.493 e. The number of nitrogens with one attached hydrogen (secondary N) is 1. The van der Waals surface area contributed by atoms with E-state index >= 15 is 0 Å². The second-order valence-corrected chi connectivity index (χ2v) is 6.41. The Kier molecular flexibility index (Phi) is 7.83. The van der Waals surface area contributed by atoms with E-state index in [2.05, 4.69) is 10.3 Å². The molecule has 3 rings (SSSR count). The summed E-state index contributed by atoms with van der Waals surface area (Å²) in [4.78, 5) is 4.12. The first-order valence-electron chi connectivity index (χ1n) is 9.54.